The van der Waals surface area contributed by atoms with Crippen molar-refractivity contribution in [1.29, 1.82) is 0 Å². The van der Waals surface area contributed by atoms with E-state index in [4.69, 9.17) is 0 Å². The van der Waals surface area contributed by atoms with E-state index in [9.17, 15) is 0 Å². The van der Waals surface area contributed by atoms with Crippen molar-refractivity contribution in [2.75, 3.05) is 23.7 Å². The topological polar surface area (TPSA) is 49.8 Å². The highest BCUT2D eigenvalue weighted by Gasteiger charge is 2.21. The Hall–Kier alpha value is -1.32. The largest absolute Gasteiger partial charge is 0.370 e. The quantitative estimate of drug-likeness (QED) is 0.774. The molecule has 0 amide bonds. The highest BCUT2D eigenvalue weighted by molar-refractivity contribution is 5.56. The van der Waals surface area contributed by atoms with Crippen LogP contribution in [0.1, 0.15) is 25.3 Å². The van der Waals surface area contributed by atoms with Crippen LogP contribution >= 0.6 is 0 Å². The van der Waals surface area contributed by atoms with E-state index in [0.717, 1.165) is 36.2 Å². The summed E-state index contributed by atoms with van der Waals surface area (Å²) >= 11 is 0. The van der Waals surface area contributed by atoms with Gasteiger partial charge in [-0.2, -0.15) is 0 Å². The summed E-state index contributed by atoms with van der Waals surface area (Å²) in [7, 11) is 0. The Labute approximate surface area is 90.5 Å². The van der Waals surface area contributed by atoms with E-state index < -0.39 is 0 Å². The molecular weight excluding hydrogens is 188 g/mol. The van der Waals surface area contributed by atoms with Crippen molar-refractivity contribution >= 4 is 11.6 Å². The molecule has 1 fully saturated rings. The molecule has 0 atom stereocenters. The number of hydrogen-bond acceptors (Lipinski definition) is 4. The molecule has 1 aliphatic rings. The number of anilines is 2. The van der Waals surface area contributed by atoms with E-state index in [1.165, 1.54) is 12.8 Å². The number of aromatic nitrogens is 2. The minimum atomic E-state index is 0.863. The van der Waals surface area contributed by atoms with Crippen molar-refractivity contribution in [2.45, 2.75) is 26.7 Å². The molecule has 4 heteroatoms. The highest BCUT2D eigenvalue weighted by atomic mass is 15.1. The molecule has 0 unspecified atom stereocenters. The number of rotatable bonds is 5. The molecule has 0 saturated heterocycles. The maximum absolute atomic E-state index is 4.26. The zero-order valence-corrected chi connectivity index (χ0v) is 9.38. The van der Waals surface area contributed by atoms with Gasteiger partial charge >= 0.3 is 0 Å². The van der Waals surface area contributed by atoms with Crippen molar-refractivity contribution in [2.24, 2.45) is 5.92 Å². The van der Waals surface area contributed by atoms with Gasteiger partial charge in [0.05, 0.1) is 0 Å². The smallest absolute Gasteiger partial charge is 0.134 e. The highest BCUT2D eigenvalue weighted by Crippen LogP contribution is 2.29. The van der Waals surface area contributed by atoms with Gasteiger partial charge in [0.15, 0.2) is 0 Å². The molecule has 0 bridgehead atoms. The van der Waals surface area contributed by atoms with Crippen LogP contribution in [-0.2, 0) is 0 Å². The maximum atomic E-state index is 4.26. The number of nitrogens with one attached hydrogen (secondary N) is 2. The third-order valence-corrected chi connectivity index (χ3v) is 2.68. The summed E-state index contributed by atoms with van der Waals surface area (Å²) in [5.74, 6) is 2.76. The van der Waals surface area contributed by atoms with Gasteiger partial charge in [-0.15, -0.1) is 0 Å². The first kappa shape index (κ1) is 10.2. The minimum absolute atomic E-state index is 0.863. The fourth-order valence-electron chi connectivity index (χ4n) is 1.54. The first-order valence-corrected chi connectivity index (χ1v) is 5.60. The standard InChI is InChI=1S/C11H18N4/c1-3-12-10-8(2)11(15-7-14-10)13-6-9-4-5-9/h7,9H,3-6H2,1-2H3,(H2,12,13,14,15). The molecular formula is C11H18N4. The van der Waals surface area contributed by atoms with E-state index in [2.05, 4.69) is 27.5 Å². The predicted molar refractivity (Wildman–Crippen MR) is 62.1 cm³/mol. The van der Waals surface area contributed by atoms with Crippen molar-refractivity contribution in [3.63, 3.8) is 0 Å². The van der Waals surface area contributed by atoms with Crippen LogP contribution in [0.2, 0.25) is 0 Å². The molecule has 15 heavy (non-hydrogen) atoms. The molecule has 1 heterocycles. The normalized spacial score (nSPS) is 15.1. The summed E-state index contributed by atoms with van der Waals surface area (Å²) in [6, 6.07) is 0. The summed E-state index contributed by atoms with van der Waals surface area (Å²) in [6.07, 6.45) is 4.33. The number of nitrogens with zero attached hydrogens (tertiary/aromatic N) is 2. The van der Waals surface area contributed by atoms with Crippen LogP contribution in [0.15, 0.2) is 6.33 Å². The Kier molecular flexibility index (Phi) is 3.04. The monoisotopic (exact) mass is 206 g/mol. The molecule has 0 aromatic carbocycles. The lowest BCUT2D eigenvalue weighted by molar-refractivity contribution is 0.878. The average Bonchev–Trinajstić information content (AvgIpc) is 3.03. The summed E-state index contributed by atoms with van der Waals surface area (Å²) < 4.78 is 0. The van der Waals surface area contributed by atoms with Gasteiger partial charge in [-0.25, -0.2) is 9.97 Å². The Morgan fingerprint density at radius 1 is 1.27 bits per heavy atom. The second kappa shape index (κ2) is 4.47. The molecule has 1 aromatic rings. The third-order valence-electron chi connectivity index (χ3n) is 2.68. The number of hydrogen-bond donors (Lipinski definition) is 2. The van der Waals surface area contributed by atoms with E-state index in [0.29, 0.717) is 0 Å². The maximum Gasteiger partial charge on any atom is 0.134 e. The fraction of sp³-hybridized carbons (Fsp3) is 0.636. The second-order valence-corrected chi connectivity index (χ2v) is 4.05. The predicted octanol–water partition coefficient (Wildman–Crippen LogP) is 2.04. The third kappa shape index (κ3) is 2.58. The van der Waals surface area contributed by atoms with Crippen LogP contribution in [0.4, 0.5) is 11.6 Å². The molecule has 0 aliphatic heterocycles. The lowest BCUT2D eigenvalue weighted by Gasteiger charge is -2.11. The molecule has 1 aliphatic carbocycles. The summed E-state index contributed by atoms with van der Waals surface area (Å²) in [5, 5.41) is 6.61. The Morgan fingerprint density at radius 2 is 1.93 bits per heavy atom. The summed E-state index contributed by atoms with van der Waals surface area (Å²) in [4.78, 5) is 8.47. The van der Waals surface area contributed by atoms with Crippen LogP contribution in [-0.4, -0.2) is 23.1 Å². The lowest BCUT2D eigenvalue weighted by Crippen LogP contribution is -2.09. The van der Waals surface area contributed by atoms with E-state index >= 15 is 0 Å². The van der Waals surface area contributed by atoms with Gasteiger partial charge in [0.1, 0.15) is 18.0 Å². The van der Waals surface area contributed by atoms with Crippen LogP contribution < -0.4 is 10.6 Å². The van der Waals surface area contributed by atoms with Crippen LogP contribution in [0.5, 0.6) is 0 Å². The zero-order chi connectivity index (χ0) is 10.7. The van der Waals surface area contributed by atoms with E-state index in [-0.39, 0.29) is 0 Å². The van der Waals surface area contributed by atoms with Crippen molar-refractivity contribution < 1.29 is 0 Å². The molecule has 1 saturated carbocycles. The van der Waals surface area contributed by atoms with Crippen molar-refractivity contribution in [1.82, 2.24) is 9.97 Å². The summed E-state index contributed by atoms with van der Waals surface area (Å²) in [6.45, 7) is 6.05. The molecule has 82 valence electrons. The van der Waals surface area contributed by atoms with Gasteiger partial charge in [-0.1, -0.05) is 0 Å². The van der Waals surface area contributed by atoms with E-state index in [1.54, 1.807) is 6.33 Å². The lowest BCUT2D eigenvalue weighted by atomic mass is 10.3. The molecule has 2 rings (SSSR count). The van der Waals surface area contributed by atoms with Gasteiger partial charge in [0.25, 0.3) is 0 Å². The Balaban J connectivity index is 2.04. The van der Waals surface area contributed by atoms with Gasteiger partial charge < -0.3 is 10.6 Å². The molecule has 1 aromatic heterocycles. The van der Waals surface area contributed by atoms with Gasteiger partial charge in [0, 0.05) is 18.7 Å². The van der Waals surface area contributed by atoms with Gasteiger partial charge in [0.2, 0.25) is 0 Å². The molecule has 0 radical (unpaired) electrons. The first-order chi connectivity index (χ1) is 7.31. The van der Waals surface area contributed by atoms with Crippen molar-refractivity contribution in [3.05, 3.63) is 11.9 Å². The van der Waals surface area contributed by atoms with E-state index in [1.807, 2.05) is 6.92 Å². The zero-order valence-electron chi connectivity index (χ0n) is 9.38. The second-order valence-electron chi connectivity index (χ2n) is 4.05. The Bertz CT molecular complexity index is 333. The SMILES string of the molecule is CCNc1ncnc(NCC2CC2)c1C. The minimum Gasteiger partial charge on any atom is -0.370 e. The van der Waals surface area contributed by atoms with Crippen LogP contribution in [0, 0.1) is 12.8 Å². The molecule has 4 nitrogen and oxygen atoms in total. The fourth-order valence-corrected chi connectivity index (χ4v) is 1.54. The first-order valence-electron chi connectivity index (χ1n) is 5.60. The summed E-state index contributed by atoms with van der Waals surface area (Å²) in [5.41, 5.74) is 1.11. The Morgan fingerprint density at radius 3 is 2.53 bits per heavy atom. The average molecular weight is 206 g/mol. The molecule has 0 spiro atoms. The van der Waals surface area contributed by atoms with Gasteiger partial charge in [-0.05, 0) is 32.6 Å². The van der Waals surface area contributed by atoms with Crippen molar-refractivity contribution in [3.8, 4) is 0 Å². The van der Waals surface area contributed by atoms with Crippen LogP contribution in [0.3, 0.4) is 0 Å². The van der Waals surface area contributed by atoms with Gasteiger partial charge in [-0.3, -0.25) is 0 Å². The molecule has 2 N–H and O–H groups in total. The van der Waals surface area contributed by atoms with Crippen LogP contribution in [0.25, 0.3) is 0 Å².